The van der Waals surface area contributed by atoms with Crippen LogP contribution in [0.5, 0.6) is 0 Å². The van der Waals surface area contributed by atoms with Gasteiger partial charge in [-0.3, -0.25) is 0 Å². The zero-order valence-corrected chi connectivity index (χ0v) is 12.4. The third-order valence-electron chi connectivity index (χ3n) is 3.46. The van der Waals surface area contributed by atoms with Gasteiger partial charge in [0, 0.05) is 11.4 Å². The molecule has 0 saturated heterocycles. The highest BCUT2D eigenvalue weighted by atomic mass is 32.2. The summed E-state index contributed by atoms with van der Waals surface area (Å²) >= 11 is 1.70. The molecule has 0 fully saturated rings. The molecule has 3 rings (SSSR count). The fourth-order valence-corrected chi connectivity index (χ4v) is 2.72. The Labute approximate surface area is 127 Å². The molecular formula is C15H15BN2O2S. The number of hydrogen-bond acceptors (Lipinski definition) is 4. The van der Waals surface area contributed by atoms with Crippen LogP contribution in [0, 0.1) is 0 Å². The zero-order valence-electron chi connectivity index (χ0n) is 11.6. The lowest BCUT2D eigenvalue weighted by molar-refractivity contribution is 0.426. The average Bonchev–Trinajstić information content (AvgIpc) is 2.90. The number of benzene rings is 2. The van der Waals surface area contributed by atoms with Crippen molar-refractivity contribution in [1.29, 1.82) is 0 Å². The van der Waals surface area contributed by atoms with Gasteiger partial charge in [-0.15, -0.1) is 11.8 Å². The highest BCUT2D eigenvalue weighted by Crippen LogP contribution is 2.21. The third-order valence-corrected chi connectivity index (χ3v) is 4.18. The number of rotatable bonds is 4. The van der Waals surface area contributed by atoms with E-state index in [9.17, 15) is 0 Å². The summed E-state index contributed by atoms with van der Waals surface area (Å²) in [6.07, 6.45) is 3.89. The van der Waals surface area contributed by atoms with E-state index in [0.29, 0.717) is 12.0 Å². The van der Waals surface area contributed by atoms with Gasteiger partial charge >= 0.3 is 7.12 Å². The molecule has 4 nitrogen and oxygen atoms in total. The summed E-state index contributed by atoms with van der Waals surface area (Å²) in [4.78, 5) is 5.64. The Bertz CT molecular complexity index is 756. The van der Waals surface area contributed by atoms with Gasteiger partial charge in [0.25, 0.3) is 0 Å². The van der Waals surface area contributed by atoms with Gasteiger partial charge in [-0.2, -0.15) is 0 Å². The summed E-state index contributed by atoms with van der Waals surface area (Å²) in [5.41, 5.74) is 3.68. The van der Waals surface area contributed by atoms with Gasteiger partial charge in [0.1, 0.15) is 0 Å². The summed E-state index contributed by atoms with van der Waals surface area (Å²) in [6, 6.07) is 13.5. The lowest BCUT2D eigenvalue weighted by Crippen LogP contribution is -2.29. The smallest absolute Gasteiger partial charge is 0.423 e. The van der Waals surface area contributed by atoms with E-state index in [1.165, 1.54) is 4.90 Å². The molecule has 6 heteroatoms. The van der Waals surface area contributed by atoms with Crippen LogP contribution in [0.4, 0.5) is 0 Å². The largest absolute Gasteiger partial charge is 0.488 e. The zero-order chi connectivity index (χ0) is 14.8. The van der Waals surface area contributed by atoms with E-state index in [-0.39, 0.29) is 0 Å². The SMILES string of the molecule is CSc1ccc2c(c1)ncn2Cc1ccc(B(O)O)cc1. The first kappa shape index (κ1) is 14.2. The maximum Gasteiger partial charge on any atom is 0.488 e. The monoisotopic (exact) mass is 298 g/mol. The Morgan fingerprint density at radius 3 is 2.57 bits per heavy atom. The van der Waals surface area contributed by atoms with Crippen molar-refractivity contribution in [2.24, 2.45) is 0 Å². The van der Waals surface area contributed by atoms with Crippen molar-refractivity contribution in [3.05, 3.63) is 54.4 Å². The van der Waals surface area contributed by atoms with Crippen LogP contribution < -0.4 is 5.46 Å². The second kappa shape index (κ2) is 5.93. The fraction of sp³-hybridized carbons (Fsp3) is 0.133. The Hall–Kier alpha value is -1.76. The van der Waals surface area contributed by atoms with Crippen molar-refractivity contribution in [3.63, 3.8) is 0 Å². The van der Waals surface area contributed by atoms with Crippen LogP contribution in [0.3, 0.4) is 0 Å². The van der Waals surface area contributed by atoms with Crippen LogP contribution in [0.15, 0.2) is 53.7 Å². The van der Waals surface area contributed by atoms with Crippen molar-refractivity contribution in [2.45, 2.75) is 11.4 Å². The standard InChI is InChI=1S/C15H15BN2O2S/c1-21-13-6-7-15-14(8-13)17-10-18(15)9-11-2-4-12(5-3-11)16(19)20/h2-8,10,19-20H,9H2,1H3. The van der Waals surface area contributed by atoms with E-state index in [1.54, 1.807) is 23.9 Å². The molecular weight excluding hydrogens is 283 g/mol. The maximum absolute atomic E-state index is 9.10. The normalized spacial score (nSPS) is 11.0. The van der Waals surface area contributed by atoms with E-state index >= 15 is 0 Å². The van der Waals surface area contributed by atoms with Gasteiger partial charge in [0.05, 0.1) is 17.4 Å². The predicted molar refractivity (Wildman–Crippen MR) is 86.9 cm³/mol. The maximum atomic E-state index is 9.10. The van der Waals surface area contributed by atoms with Gasteiger partial charge in [-0.1, -0.05) is 24.3 Å². The molecule has 1 aromatic heterocycles. The first-order valence-corrected chi connectivity index (χ1v) is 7.83. The van der Waals surface area contributed by atoms with Crippen molar-refractivity contribution >= 4 is 35.4 Å². The molecule has 0 saturated carbocycles. The molecule has 0 aliphatic heterocycles. The molecule has 1 heterocycles. The predicted octanol–water partition coefficient (Wildman–Crippen LogP) is 1.49. The van der Waals surface area contributed by atoms with E-state index in [1.807, 2.05) is 18.5 Å². The molecule has 2 N–H and O–H groups in total. The summed E-state index contributed by atoms with van der Waals surface area (Å²) in [5, 5.41) is 18.2. The van der Waals surface area contributed by atoms with Crippen LogP contribution >= 0.6 is 11.8 Å². The molecule has 0 spiro atoms. The molecule has 0 aliphatic rings. The minimum absolute atomic E-state index is 0.499. The molecule has 0 aliphatic carbocycles. The average molecular weight is 298 g/mol. The molecule has 3 aromatic rings. The second-order valence-electron chi connectivity index (χ2n) is 4.84. The number of fused-ring (bicyclic) bond motifs is 1. The second-order valence-corrected chi connectivity index (χ2v) is 5.72. The van der Waals surface area contributed by atoms with Crippen LogP contribution in [0.25, 0.3) is 11.0 Å². The number of imidazole rings is 1. The first-order chi connectivity index (χ1) is 10.2. The minimum atomic E-state index is -1.42. The van der Waals surface area contributed by atoms with Gasteiger partial charge in [0.2, 0.25) is 0 Å². The Morgan fingerprint density at radius 2 is 1.90 bits per heavy atom. The van der Waals surface area contributed by atoms with Crippen molar-refractivity contribution in [2.75, 3.05) is 6.26 Å². The molecule has 0 atom stereocenters. The third kappa shape index (κ3) is 2.97. The Kier molecular flexibility index (Phi) is 4.01. The molecule has 0 radical (unpaired) electrons. The number of aromatic nitrogens is 2. The van der Waals surface area contributed by atoms with Crippen LogP contribution in [0.2, 0.25) is 0 Å². The van der Waals surface area contributed by atoms with Crippen LogP contribution in [-0.2, 0) is 6.54 Å². The molecule has 0 bridgehead atoms. The van der Waals surface area contributed by atoms with Gasteiger partial charge in [-0.25, -0.2) is 4.98 Å². The number of thioether (sulfide) groups is 1. The first-order valence-electron chi connectivity index (χ1n) is 6.61. The molecule has 2 aromatic carbocycles. The van der Waals surface area contributed by atoms with Gasteiger partial charge < -0.3 is 14.6 Å². The van der Waals surface area contributed by atoms with Crippen molar-refractivity contribution < 1.29 is 10.0 Å². The molecule has 0 amide bonds. The Balaban J connectivity index is 1.87. The summed E-state index contributed by atoms with van der Waals surface area (Å²) in [6.45, 7) is 0.705. The van der Waals surface area contributed by atoms with E-state index < -0.39 is 7.12 Å². The number of hydrogen-bond donors (Lipinski definition) is 2. The summed E-state index contributed by atoms with van der Waals surface area (Å²) in [5.74, 6) is 0. The lowest BCUT2D eigenvalue weighted by atomic mass is 9.80. The lowest BCUT2D eigenvalue weighted by Gasteiger charge is -2.06. The molecule has 21 heavy (non-hydrogen) atoms. The van der Waals surface area contributed by atoms with Crippen LogP contribution in [0.1, 0.15) is 5.56 Å². The van der Waals surface area contributed by atoms with Gasteiger partial charge in [-0.05, 0) is 35.5 Å². The van der Waals surface area contributed by atoms with E-state index in [4.69, 9.17) is 10.0 Å². The van der Waals surface area contributed by atoms with Gasteiger partial charge in [0.15, 0.2) is 0 Å². The molecule has 106 valence electrons. The summed E-state index contributed by atoms with van der Waals surface area (Å²) in [7, 11) is -1.42. The quantitative estimate of drug-likeness (QED) is 0.566. The molecule has 0 unspecified atom stereocenters. The van der Waals surface area contributed by atoms with Crippen molar-refractivity contribution in [3.8, 4) is 0 Å². The number of nitrogens with zero attached hydrogens (tertiary/aromatic N) is 2. The highest BCUT2D eigenvalue weighted by molar-refractivity contribution is 7.98. The Morgan fingerprint density at radius 1 is 1.14 bits per heavy atom. The fourth-order valence-electron chi connectivity index (χ4n) is 2.29. The topological polar surface area (TPSA) is 58.3 Å². The van der Waals surface area contributed by atoms with Crippen molar-refractivity contribution in [1.82, 2.24) is 9.55 Å². The van der Waals surface area contributed by atoms with Crippen LogP contribution in [-0.4, -0.2) is 33.0 Å². The minimum Gasteiger partial charge on any atom is -0.423 e. The summed E-state index contributed by atoms with van der Waals surface area (Å²) < 4.78 is 2.09. The van der Waals surface area contributed by atoms with E-state index in [2.05, 4.69) is 34.0 Å². The van der Waals surface area contributed by atoms with E-state index in [0.717, 1.165) is 16.6 Å². The highest BCUT2D eigenvalue weighted by Gasteiger charge is 2.10.